The van der Waals surface area contributed by atoms with Crippen LogP contribution in [-0.4, -0.2) is 42.3 Å². The quantitative estimate of drug-likeness (QED) is 0.337. The molecule has 0 spiro atoms. The van der Waals surface area contributed by atoms with Crippen LogP contribution in [0.1, 0.15) is 48.1 Å². The van der Waals surface area contributed by atoms with Gasteiger partial charge in [0.25, 0.3) is 0 Å². The van der Waals surface area contributed by atoms with E-state index in [4.69, 9.17) is 4.74 Å². The van der Waals surface area contributed by atoms with Gasteiger partial charge in [0.05, 0.1) is 12.8 Å². The van der Waals surface area contributed by atoms with E-state index in [1.54, 1.807) is 24.5 Å². The standard InChI is InChI=1S/C28H34N4O2/c1-5-24-17-22(11-14-27(24)34-4)16-21-9-12-25(13-10-21)26(6-2)31-32(3)20-28(33)30-19-23-8-7-15-29-18-23/h7-15,17-18H,5-6,16,19-20H2,1-4H3,(H,30,33)/b31-26+. The minimum Gasteiger partial charge on any atom is -0.496 e. The fourth-order valence-corrected chi connectivity index (χ4v) is 3.81. The monoisotopic (exact) mass is 458 g/mol. The lowest BCUT2D eigenvalue weighted by molar-refractivity contribution is -0.122. The number of hydrazone groups is 1. The molecule has 0 saturated heterocycles. The van der Waals surface area contributed by atoms with Crippen molar-refractivity contribution in [3.63, 3.8) is 0 Å². The van der Waals surface area contributed by atoms with E-state index in [0.717, 1.165) is 41.9 Å². The first kappa shape index (κ1) is 25.0. The second-order valence-electron chi connectivity index (χ2n) is 8.23. The maximum absolute atomic E-state index is 12.3. The number of rotatable bonds is 11. The Morgan fingerprint density at radius 3 is 2.47 bits per heavy atom. The third-order valence-electron chi connectivity index (χ3n) is 5.63. The van der Waals surface area contributed by atoms with E-state index in [1.807, 2.05) is 25.2 Å². The summed E-state index contributed by atoms with van der Waals surface area (Å²) in [6.07, 6.45) is 6.06. The molecule has 1 heterocycles. The summed E-state index contributed by atoms with van der Waals surface area (Å²) in [7, 11) is 3.54. The number of aryl methyl sites for hydroxylation is 1. The minimum absolute atomic E-state index is 0.0770. The van der Waals surface area contributed by atoms with Gasteiger partial charge in [-0.3, -0.25) is 14.8 Å². The number of carbonyl (C=O) groups excluding carboxylic acids is 1. The summed E-state index contributed by atoms with van der Waals surface area (Å²) in [5.74, 6) is 0.868. The van der Waals surface area contributed by atoms with E-state index in [0.29, 0.717) is 6.54 Å². The lowest BCUT2D eigenvalue weighted by atomic mass is 9.99. The molecule has 1 N–H and O–H groups in total. The molecule has 34 heavy (non-hydrogen) atoms. The highest BCUT2D eigenvalue weighted by atomic mass is 16.5. The number of benzene rings is 2. The molecule has 3 rings (SSSR count). The molecule has 0 bridgehead atoms. The van der Waals surface area contributed by atoms with E-state index in [-0.39, 0.29) is 12.5 Å². The summed E-state index contributed by atoms with van der Waals surface area (Å²) >= 11 is 0. The molecule has 178 valence electrons. The van der Waals surface area contributed by atoms with Crippen molar-refractivity contribution in [2.45, 2.75) is 39.7 Å². The topological polar surface area (TPSA) is 66.8 Å². The molecule has 2 aromatic carbocycles. The summed E-state index contributed by atoms with van der Waals surface area (Å²) in [6, 6.07) is 18.7. The highest BCUT2D eigenvalue weighted by Gasteiger charge is 2.09. The molecular formula is C28H34N4O2. The molecular weight excluding hydrogens is 424 g/mol. The minimum atomic E-state index is -0.0770. The van der Waals surface area contributed by atoms with Crippen molar-refractivity contribution >= 4 is 11.6 Å². The lowest BCUT2D eigenvalue weighted by Gasteiger charge is -2.16. The van der Waals surface area contributed by atoms with Crippen LogP contribution in [0.2, 0.25) is 0 Å². The van der Waals surface area contributed by atoms with Crippen LogP contribution in [0, 0.1) is 0 Å². The Hall–Kier alpha value is -3.67. The highest BCUT2D eigenvalue weighted by Crippen LogP contribution is 2.22. The van der Waals surface area contributed by atoms with Gasteiger partial charge >= 0.3 is 0 Å². The largest absolute Gasteiger partial charge is 0.496 e. The molecule has 0 unspecified atom stereocenters. The number of methoxy groups -OCH3 is 1. The normalized spacial score (nSPS) is 11.2. The second-order valence-corrected chi connectivity index (χ2v) is 8.23. The molecule has 0 radical (unpaired) electrons. The van der Waals surface area contributed by atoms with Gasteiger partial charge in [-0.2, -0.15) is 5.10 Å². The van der Waals surface area contributed by atoms with E-state index in [1.165, 1.54) is 16.7 Å². The maximum atomic E-state index is 12.3. The smallest absolute Gasteiger partial charge is 0.241 e. The van der Waals surface area contributed by atoms with Gasteiger partial charge < -0.3 is 10.1 Å². The van der Waals surface area contributed by atoms with Crippen molar-refractivity contribution < 1.29 is 9.53 Å². The van der Waals surface area contributed by atoms with Crippen LogP contribution in [0.25, 0.3) is 0 Å². The molecule has 0 fully saturated rings. The summed E-state index contributed by atoms with van der Waals surface area (Å²) in [5.41, 5.74) is 6.73. The average Bonchev–Trinajstić information content (AvgIpc) is 2.87. The zero-order valence-corrected chi connectivity index (χ0v) is 20.5. The van der Waals surface area contributed by atoms with Gasteiger partial charge in [-0.1, -0.05) is 56.3 Å². The number of carbonyl (C=O) groups is 1. The van der Waals surface area contributed by atoms with Crippen molar-refractivity contribution in [3.8, 4) is 5.75 Å². The van der Waals surface area contributed by atoms with Crippen LogP contribution in [0.4, 0.5) is 0 Å². The summed E-state index contributed by atoms with van der Waals surface area (Å²) in [4.78, 5) is 16.4. The number of nitrogens with zero attached hydrogens (tertiary/aromatic N) is 3. The number of nitrogens with one attached hydrogen (secondary N) is 1. The number of ether oxygens (including phenoxy) is 1. The Morgan fingerprint density at radius 1 is 1.06 bits per heavy atom. The summed E-state index contributed by atoms with van der Waals surface area (Å²) in [5, 5.41) is 9.28. The number of pyridine rings is 1. The van der Waals surface area contributed by atoms with Gasteiger partial charge in [-0.25, -0.2) is 0 Å². The maximum Gasteiger partial charge on any atom is 0.241 e. The van der Waals surface area contributed by atoms with Crippen LogP contribution >= 0.6 is 0 Å². The van der Waals surface area contributed by atoms with Gasteiger partial charge in [-0.05, 0) is 59.2 Å². The number of likely N-dealkylation sites (N-methyl/N-ethyl adjacent to an activating group) is 1. The fraction of sp³-hybridized carbons (Fsp3) is 0.321. The predicted molar refractivity (Wildman–Crippen MR) is 137 cm³/mol. The van der Waals surface area contributed by atoms with E-state index < -0.39 is 0 Å². The molecule has 0 atom stereocenters. The fourth-order valence-electron chi connectivity index (χ4n) is 3.81. The Kier molecular flexibility index (Phi) is 9.21. The van der Waals surface area contributed by atoms with Gasteiger partial charge in [-0.15, -0.1) is 0 Å². The van der Waals surface area contributed by atoms with E-state index >= 15 is 0 Å². The van der Waals surface area contributed by atoms with Crippen LogP contribution in [0.15, 0.2) is 72.1 Å². The first-order valence-electron chi connectivity index (χ1n) is 11.7. The first-order valence-corrected chi connectivity index (χ1v) is 11.7. The van der Waals surface area contributed by atoms with Crippen LogP contribution in [-0.2, 0) is 24.2 Å². The third kappa shape index (κ3) is 7.17. The number of hydrogen-bond acceptors (Lipinski definition) is 5. The van der Waals surface area contributed by atoms with Crippen LogP contribution < -0.4 is 10.1 Å². The zero-order valence-electron chi connectivity index (χ0n) is 20.5. The number of amides is 1. The van der Waals surface area contributed by atoms with E-state index in [2.05, 4.69) is 65.6 Å². The Morgan fingerprint density at radius 2 is 1.82 bits per heavy atom. The lowest BCUT2D eigenvalue weighted by Crippen LogP contribution is -2.33. The number of hydrogen-bond donors (Lipinski definition) is 1. The van der Waals surface area contributed by atoms with Gasteiger partial charge in [0.15, 0.2) is 0 Å². The predicted octanol–water partition coefficient (Wildman–Crippen LogP) is 4.61. The zero-order chi connectivity index (χ0) is 24.3. The molecule has 0 aliphatic heterocycles. The molecule has 0 aliphatic carbocycles. The summed E-state index contributed by atoms with van der Waals surface area (Å²) < 4.78 is 5.44. The SMILES string of the molecule is CC/C(=N\N(C)CC(=O)NCc1cccnc1)c1ccc(Cc2ccc(OC)c(CC)c2)cc1. The van der Waals surface area contributed by atoms with Crippen molar-refractivity contribution in [3.05, 3.63) is 94.8 Å². The Bertz CT molecular complexity index is 1100. The van der Waals surface area contributed by atoms with Crippen molar-refractivity contribution in [2.75, 3.05) is 20.7 Å². The van der Waals surface area contributed by atoms with Gasteiger partial charge in [0.1, 0.15) is 12.3 Å². The van der Waals surface area contributed by atoms with Gasteiger partial charge in [0, 0.05) is 26.0 Å². The molecule has 1 aromatic heterocycles. The third-order valence-corrected chi connectivity index (χ3v) is 5.63. The highest BCUT2D eigenvalue weighted by molar-refractivity contribution is 6.00. The molecule has 3 aromatic rings. The van der Waals surface area contributed by atoms with Crippen molar-refractivity contribution in [1.82, 2.24) is 15.3 Å². The van der Waals surface area contributed by atoms with E-state index in [9.17, 15) is 4.79 Å². The van der Waals surface area contributed by atoms with Crippen molar-refractivity contribution in [1.29, 1.82) is 0 Å². The second kappa shape index (κ2) is 12.5. The number of aromatic nitrogens is 1. The Labute approximate surface area is 202 Å². The molecule has 0 aliphatic rings. The van der Waals surface area contributed by atoms with Crippen molar-refractivity contribution in [2.24, 2.45) is 5.10 Å². The average molecular weight is 459 g/mol. The molecule has 1 amide bonds. The van der Waals surface area contributed by atoms with Crippen LogP contribution in [0.5, 0.6) is 5.75 Å². The van der Waals surface area contributed by atoms with Gasteiger partial charge in [0.2, 0.25) is 5.91 Å². The summed E-state index contributed by atoms with van der Waals surface area (Å²) in [6.45, 7) is 4.87. The first-order chi connectivity index (χ1) is 16.5. The Balaban J connectivity index is 1.59. The van der Waals surface area contributed by atoms with Crippen LogP contribution in [0.3, 0.4) is 0 Å². The molecule has 6 nitrogen and oxygen atoms in total. The molecule has 0 saturated carbocycles. The molecule has 6 heteroatoms.